The molecule has 1 aromatic heterocycles. The summed E-state index contributed by atoms with van der Waals surface area (Å²) in [5.41, 5.74) is 1.15. The van der Waals surface area contributed by atoms with Crippen LogP contribution in [-0.2, 0) is 20.3 Å². The lowest BCUT2D eigenvalue weighted by Gasteiger charge is -2.30. The van der Waals surface area contributed by atoms with Crippen LogP contribution in [0.25, 0.3) is 0 Å². The normalized spacial score (nSPS) is 19.7. The number of quaternary nitrogens is 2. The Bertz CT molecular complexity index is 825. The Morgan fingerprint density at radius 3 is 2.15 bits per heavy atom. The second-order valence-electron chi connectivity index (χ2n) is 6.99. The molecule has 7 nitrogen and oxygen atoms in total. The van der Waals surface area contributed by atoms with E-state index in [1.807, 2.05) is 23.9 Å². The molecule has 1 aliphatic heterocycles. The van der Waals surface area contributed by atoms with Gasteiger partial charge in [-0.3, -0.25) is 4.57 Å². The number of nitrogens with one attached hydrogen (secondary N) is 2. The Kier molecular flexibility index (Phi) is 6.41. The Hall–Kier alpha value is -2.03. The molecule has 27 heavy (non-hydrogen) atoms. The number of hydrogen-bond donors (Lipinski definition) is 2. The van der Waals surface area contributed by atoms with Gasteiger partial charge in [0.05, 0.1) is 26.9 Å². The molecule has 0 radical (unpaired) electrons. The summed E-state index contributed by atoms with van der Waals surface area (Å²) in [7, 11) is 6.96. The molecule has 0 unspecified atom stereocenters. The standard InChI is InChI=1S/C19H28N4O3S/c1-20-7-12-23(19(20)27)14-22-10-8-21(9-11-22)13-15-5-6-16(24-2)18(26-4)17(15)25-3/h5-7,12H,8-11,13-14H2,1-4H3/p+2. The number of rotatable bonds is 7. The number of imidazole rings is 1. The van der Waals surface area contributed by atoms with Crippen LogP contribution in [0.1, 0.15) is 5.56 Å². The summed E-state index contributed by atoms with van der Waals surface area (Å²) in [6.45, 7) is 6.34. The Morgan fingerprint density at radius 2 is 1.59 bits per heavy atom. The Labute approximate surface area is 165 Å². The molecule has 0 aliphatic carbocycles. The van der Waals surface area contributed by atoms with Crippen molar-refractivity contribution in [2.24, 2.45) is 7.05 Å². The third kappa shape index (κ3) is 4.28. The molecule has 3 rings (SSSR count). The van der Waals surface area contributed by atoms with Crippen LogP contribution in [0.15, 0.2) is 24.5 Å². The van der Waals surface area contributed by atoms with E-state index >= 15 is 0 Å². The fourth-order valence-electron chi connectivity index (χ4n) is 3.74. The Balaban J connectivity index is 1.62. The average Bonchev–Trinajstić information content (AvgIpc) is 3.01. The van der Waals surface area contributed by atoms with E-state index in [-0.39, 0.29) is 0 Å². The minimum absolute atomic E-state index is 0.666. The van der Waals surface area contributed by atoms with Gasteiger partial charge in [0.2, 0.25) is 5.75 Å². The zero-order valence-corrected chi connectivity index (χ0v) is 17.4. The van der Waals surface area contributed by atoms with Gasteiger partial charge in [-0.15, -0.1) is 0 Å². The summed E-state index contributed by atoms with van der Waals surface area (Å²) in [6, 6.07) is 4.03. The highest BCUT2D eigenvalue weighted by atomic mass is 32.1. The number of hydrogen-bond acceptors (Lipinski definition) is 4. The first kappa shape index (κ1) is 19.7. The monoisotopic (exact) mass is 394 g/mol. The van der Waals surface area contributed by atoms with Crippen molar-refractivity contribution in [3.8, 4) is 17.2 Å². The lowest BCUT2D eigenvalue weighted by Crippen LogP contribution is -3.27. The largest absolute Gasteiger partial charge is 0.493 e. The summed E-state index contributed by atoms with van der Waals surface area (Å²) < 4.78 is 21.5. The fourth-order valence-corrected chi connectivity index (χ4v) is 3.92. The van der Waals surface area contributed by atoms with Crippen LogP contribution in [0.5, 0.6) is 17.2 Å². The lowest BCUT2D eigenvalue weighted by molar-refractivity contribution is -1.03. The molecule has 1 fully saturated rings. The van der Waals surface area contributed by atoms with Gasteiger partial charge in [-0.1, -0.05) is 0 Å². The second kappa shape index (κ2) is 8.77. The lowest BCUT2D eigenvalue weighted by atomic mass is 10.1. The minimum atomic E-state index is 0.666. The van der Waals surface area contributed by atoms with Crippen LogP contribution in [0.2, 0.25) is 0 Å². The molecule has 0 amide bonds. The van der Waals surface area contributed by atoms with Crippen molar-refractivity contribution in [2.75, 3.05) is 47.5 Å². The van der Waals surface area contributed by atoms with Crippen LogP contribution in [0.3, 0.4) is 0 Å². The number of aromatic nitrogens is 2. The summed E-state index contributed by atoms with van der Waals surface area (Å²) >= 11 is 5.45. The number of ether oxygens (including phenoxy) is 3. The van der Waals surface area contributed by atoms with Gasteiger partial charge >= 0.3 is 0 Å². The first-order chi connectivity index (χ1) is 13.1. The maximum atomic E-state index is 5.63. The molecule has 2 N–H and O–H groups in total. The van der Waals surface area contributed by atoms with Crippen molar-refractivity contribution in [1.82, 2.24) is 9.13 Å². The van der Waals surface area contributed by atoms with E-state index in [0.29, 0.717) is 11.5 Å². The number of piperazine rings is 1. The average molecular weight is 395 g/mol. The maximum Gasteiger partial charge on any atom is 0.203 e. The SMILES string of the molecule is COc1ccc(C[NH+]2CC[NH+](Cn3ccn(C)c3=S)CC2)c(OC)c1OC. The van der Waals surface area contributed by atoms with Gasteiger partial charge in [0.15, 0.2) is 22.9 Å². The van der Waals surface area contributed by atoms with E-state index in [2.05, 4.69) is 16.8 Å². The molecule has 0 bridgehead atoms. The quantitative estimate of drug-likeness (QED) is 0.623. The molecule has 148 valence electrons. The van der Waals surface area contributed by atoms with Gasteiger partial charge in [0.1, 0.15) is 32.7 Å². The zero-order chi connectivity index (χ0) is 19.4. The van der Waals surface area contributed by atoms with Crippen LogP contribution in [0, 0.1) is 4.77 Å². The molecule has 0 atom stereocenters. The molecule has 0 saturated carbocycles. The highest BCUT2D eigenvalue weighted by molar-refractivity contribution is 7.71. The maximum absolute atomic E-state index is 5.63. The van der Waals surface area contributed by atoms with Gasteiger partial charge in [0.25, 0.3) is 0 Å². The summed E-state index contributed by atoms with van der Waals surface area (Å²) in [5, 5.41) is 0. The van der Waals surface area contributed by atoms with Gasteiger partial charge in [0, 0.05) is 19.4 Å². The molecule has 1 saturated heterocycles. The first-order valence-electron chi connectivity index (χ1n) is 9.24. The predicted molar refractivity (Wildman–Crippen MR) is 105 cm³/mol. The summed E-state index contributed by atoms with van der Waals surface area (Å²) in [6.07, 6.45) is 4.09. The first-order valence-corrected chi connectivity index (χ1v) is 9.65. The summed E-state index contributed by atoms with van der Waals surface area (Å²) in [4.78, 5) is 3.13. The number of aryl methyl sites for hydroxylation is 1. The molecular weight excluding hydrogens is 364 g/mol. The van der Waals surface area contributed by atoms with Crippen molar-refractivity contribution in [1.29, 1.82) is 0 Å². The van der Waals surface area contributed by atoms with E-state index in [1.54, 1.807) is 31.1 Å². The molecule has 2 heterocycles. The van der Waals surface area contributed by atoms with E-state index in [4.69, 9.17) is 26.4 Å². The number of benzene rings is 1. The van der Waals surface area contributed by atoms with Crippen LogP contribution in [-0.4, -0.2) is 56.6 Å². The van der Waals surface area contributed by atoms with E-state index < -0.39 is 0 Å². The third-order valence-corrected chi connectivity index (χ3v) is 5.82. The predicted octanol–water partition coefficient (Wildman–Crippen LogP) is -0.477. The summed E-state index contributed by atoms with van der Waals surface area (Å²) in [5.74, 6) is 2.14. The molecule has 0 spiro atoms. The molecule has 8 heteroatoms. The van der Waals surface area contributed by atoms with Gasteiger partial charge in [-0.25, -0.2) is 0 Å². The van der Waals surface area contributed by atoms with Crippen molar-refractivity contribution >= 4 is 12.2 Å². The van der Waals surface area contributed by atoms with Crippen molar-refractivity contribution in [3.05, 3.63) is 34.9 Å². The van der Waals surface area contributed by atoms with Crippen molar-refractivity contribution in [3.63, 3.8) is 0 Å². The van der Waals surface area contributed by atoms with Gasteiger partial charge < -0.3 is 28.6 Å². The van der Waals surface area contributed by atoms with Crippen LogP contribution < -0.4 is 24.0 Å². The van der Waals surface area contributed by atoms with Crippen molar-refractivity contribution in [2.45, 2.75) is 13.2 Å². The highest BCUT2D eigenvalue weighted by Gasteiger charge is 2.26. The van der Waals surface area contributed by atoms with E-state index in [9.17, 15) is 0 Å². The highest BCUT2D eigenvalue weighted by Crippen LogP contribution is 2.39. The Morgan fingerprint density at radius 1 is 0.926 bits per heavy atom. The van der Waals surface area contributed by atoms with Gasteiger partial charge in [-0.2, -0.15) is 0 Å². The third-order valence-electron chi connectivity index (χ3n) is 5.30. The number of methoxy groups -OCH3 is 3. The molecule has 1 aromatic carbocycles. The zero-order valence-electron chi connectivity index (χ0n) is 16.6. The van der Waals surface area contributed by atoms with Crippen LogP contribution >= 0.6 is 12.2 Å². The minimum Gasteiger partial charge on any atom is -0.493 e. The van der Waals surface area contributed by atoms with Crippen molar-refractivity contribution < 1.29 is 24.0 Å². The topological polar surface area (TPSA) is 46.4 Å². The smallest absolute Gasteiger partial charge is 0.203 e. The number of nitrogens with zero attached hydrogens (tertiary/aromatic N) is 2. The van der Waals surface area contributed by atoms with Crippen LogP contribution in [0.4, 0.5) is 0 Å². The van der Waals surface area contributed by atoms with E-state index in [1.165, 1.54) is 0 Å². The molecule has 2 aromatic rings. The second-order valence-corrected chi connectivity index (χ2v) is 7.35. The molecule has 1 aliphatic rings. The van der Waals surface area contributed by atoms with E-state index in [0.717, 1.165) is 55.5 Å². The fraction of sp³-hybridized carbons (Fsp3) is 0.526. The van der Waals surface area contributed by atoms with Gasteiger partial charge in [-0.05, 0) is 24.4 Å². The molecular formula is C19H30N4O3S+2.